The molecule has 0 aliphatic carbocycles. The SMILES string of the molecule is C[C@H](Nc1nccc(N(C)c2nc(-c3ccccc3)cc3ncnn23)n1)c1ccccc1. The highest BCUT2D eigenvalue weighted by Gasteiger charge is 2.16. The summed E-state index contributed by atoms with van der Waals surface area (Å²) in [5, 5.41) is 7.72. The first-order chi connectivity index (χ1) is 15.7. The molecule has 0 aliphatic heterocycles. The van der Waals surface area contributed by atoms with Crippen molar-refractivity contribution >= 4 is 23.4 Å². The van der Waals surface area contributed by atoms with E-state index in [4.69, 9.17) is 9.97 Å². The van der Waals surface area contributed by atoms with Crippen LogP contribution in [0.5, 0.6) is 0 Å². The Bertz CT molecular complexity index is 1330. The smallest absolute Gasteiger partial charge is 0.234 e. The van der Waals surface area contributed by atoms with Gasteiger partial charge in [0.1, 0.15) is 12.1 Å². The molecule has 0 amide bonds. The Balaban J connectivity index is 1.49. The molecule has 0 saturated heterocycles. The fourth-order valence-corrected chi connectivity index (χ4v) is 3.51. The molecule has 1 atom stereocenters. The first-order valence-electron chi connectivity index (χ1n) is 10.3. The summed E-state index contributed by atoms with van der Waals surface area (Å²) in [6.07, 6.45) is 3.26. The highest BCUT2D eigenvalue weighted by atomic mass is 15.4. The van der Waals surface area contributed by atoms with Gasteiger partial charge >= 0.3 is 0 Å². The standard InChI is InChI=1S/C24H22N8/c1-17(18-9-5-3-6-10-18)28-23-25-14-13-21(30-23)31(2)24-29-20(19-11-7-4-8-12-19)15-22-26-16-27-32(22)24/h3-17H,1-2H3,(H,25,28,30)/t17-/m0/s1. The van der Waals surface area contributed by atoms with E-state index in [0.29, 0.717) is 23.4 Å². The average molecular weight is 422 g/mol. The molecule has 0 saturated carbocycles. The van der Waals surface area contributed by atoms with Gasteiger partial charge in [-0.2, -0.15) is 14.6 Å². The van der Waals surface area contributed by atoms with E-state index >= 15 is 0 Å². The third kappa shape index (κ3) is 3.85. The molecule has 32 heavy (non-hydrogen) atoms. The van der Waals surface area contributed by atoms with Crippen LogP contribution in [0.25, 0.3) is 16.9 Å². The Morgan fingerprint density at radius 1 is 0.906 bits per heavy atom. The number of benzene rings is 2. The molecule has 0 fully saturated rings. The zero-order valence-corrected chi connectivity index (χ0v) is 17.8. The van der Waals surface area contributed by atoms with Gasteiger partial charge in [0.25, 0.3) is 0 Å². The van der Waals surface area contributed by atoms with Gasteiger partial charge in [-0.15, -0.1) is 0 Å². The minimum atomic E-state index is 0.0679. The number of fused-ring (bicyclic) bond motifs is 1. The molecular weight excluding hydrogens is 400 g/mol. The topological polar surface area (TPSA) is 84.1 Å². The predicted octanol–water partition coefficient (Wildman–Crippen LogP) is 4.52. The molecule has 5 aromatic rings. The number of anilines is 3. The second-order valence-electron chi connectivity index (χ2n) is 7.41. The van der Waals surface area contributed by atoms with Gasteiger partial charge in [0, 0.05) is 24.9 Å². The van der Waals surface area contributed by atoms with Crippen molar-refractivity contribution in [2.45, 2.75) is 13.0 Å². The lowest BCUT2D eigenvalue weighted by Gasteiger charge is -2.20. The Kier molecular flexibility index (Phi) is 5.17. The van der Waals surface area contributed by atoms with E-state index in [9.17, 15) is 0 Å². The van der Waals surface area contributed by atoms with Crippen molar-refractivity contribution in [3.63, 3.8) is 0 Å². The van der Waals surface area contributed by atoms with E-state index in [0.717, 1.165) is 16.8 Å². The maximum Gasteiger partial charge on any atom is 0.234 e. The fourth-order valence-electron chi connectivity index (χ4n) is 3.51. The minimum absolute atomic E-state index is 0.0679. The van der Waals surface area contributed by atoms with Gasteiger partial charge in [-0.3, -0.25) is 4.90 Å². The van der Waals surface area contributed by atoms with Gasteiger partial charge in [-0.1, -0.05) is 60.7 Å². The summed E-state index contributed by atoms with van der Waals surface area (Å²) in [5.41, 5.74) is 3.70. The van der Waals surface area contributed by atoms with Crippen molar-refractivity contribution in [3.8, 4) is 11.3 Å². The number of hydrogen-bond donors (Lipinski definition) is 1. The number of nitrogens with one attached hydrogen (secondary N) is 1. The molecule has 3 heterocycles. The number of nitrogens with zero attached hydrogens (tertiary/aromatic N) is 7. The van der Waals surface area contributed by atoms with Gasteiger partial charge in [0.05, 0.1) is 11.7 Å². The largest absolute Gasteiger partial charge is 0.348 e. The molecular formula is C24H22N8. The molecule has 0 bridgehead atoms. The van der Waals surface area contributed by atoms with Gasteiger partial charge in [0.15, 0.2) is 5.65 Å². The van der Waals surface area contributed by atoms with Crippen LogP contribution in [0.2, 0.25) is 0 Å². The lowest BCUT2D eigenvalue weighted by Crippen LogP contribution is -2.19. The normalized spacial score (nSPS) is 11.9. The number of aromatic nitrogens is 6. The molecule has 0 aliphatic rings. The van der Waals surface area contributed by atoms with Crippen LogP contribution in [0.4, 0.5) is 17.7 Å². The fraction of sp³-hybridized carbons (Fsp3) is 0.125. The van der Waals surface area contributed by atoms with E-state index < -0.39 is 0 Å². The van der Waals surface area contributed by atoms with Crippen molar-refractivity contribution in [3.05, 3.63) is 90.9 Å². The summed E-state index contributed by atoms with van der Waals surface area (Å²) in [5.74, 6) is 1.84. The summed E-state index contributed by atoms with van der Waals surface area (Å²) >= 11 is 0. The van der Waals surface area contributed by atoms with Crippen molar-refractivity contribution in [1.29, 1.82) is 0 Å². The summed E-state index contributed by atoms with van der Waals surface area (Å²) in [4.78, 5) is 20.2. The maximum atomic E-state index is 4.86. The minimum Gasteiger partial charge on any atom is -0.348 e. The second kappa shape index (κ2) is 8.43. The molecule has 0 spiro atoms. The van der Waals surface area contributed by atoms with Crippen molar-refractivity contribution < 1.29 is 0 Å². The van der Waals surface area contributed by atoms with Crippen LogP contribution >= 0.6 is 0 Å². The van der Waals surface area contributed by atoms with Crippen LogP contribution in [-0.2, 0) is 0 Å². The zero-order valence-electron chi connectivity index (χ0n) is 17.8. The van der Waals surface area contributed by atoms with Gasteiger partial charge in [-0.05, 0) is 18.6 Å². The molecule has 0 radical (unpaired) electrons. The van der Waals surface area contributed by atoms with Crippen molar-refractivity contribution in [2.75, 3.05) is 17.3 Å². The van der Waals surface area contributed by atoms with Crippen molar-refractivity contribution in [2.24, 2.45) is 0 Å². The van der Waals surface area contributed by atoms with E-state index in [1.165, 1.54) is 6.33 Å². The number of hydrogen-bond acceptors (Lipinski definition) is 7. The second-order valence-corrected chi connectivity index (χ2v) is 7.41. The van der Waals surface area contributed by atoms with Crippen LogP contribution in [0, 0.1) is 0 Å². The zero-order chi connectivity index (χ0) is 21.9. The predicted molar refractivity (Wildman–Crippen MR) is 125 cm³/mol. The molecule has 8 heteroatoms. The van der Waals surface area contributed by atoms with Crippen LogP contribution < -0.4 is 10.2 Å². The number of rotatable bonds is 6. The van der Waals surface area contributed by atoms with Crippen LogP contribution in [0.1, 0.15) is 18.5 Å². The molecule has 2 aromatic carbocycles. The quantitative estimate of drug-likeness (QED) is 0.431. The van der Waals surface area contributed by atoms with E-state index in [-0.39, 0.29) is 6.04 Å². The van der Waals surface area contributed by atoms with Gasteiger partial charge < -0.3 is 5.32 Å². The van der Waals surface area contributed by atoms with Gasteiger partial charge in [0.2, 0.25) is 11.9 Å². The molecule has 158 valence electrons. The Hall–Kier alpha value is -4.33. The lowest BCUT2D eigenvalue weighted by atomic mass is 10.1. The molecule has 5 rings (SSSR count). The molecule has 0 unspecified atom stereocenters. The first kappa shape index (κ1) is 19.6. The molecule has 3 aromatic heterocycles. The monoisotopic (exact) mass is 422 g/mol. The maximum absolute atomic E-state index is 4.86. The highest BCUT2D eigenvalue weighted by molar-refractivity contribution is 5.67. The summed E-state index contributed by atoms with van der Waals surface area (Å²) in [6, 6.07) is 24.1. The van der Waals surface area contributed by atoms with E-state index in [2.05, 4.69) is 39.4 Å². The van der Waals surface area contributed by atoms with Crippen LogP contribution in [0.15, 0.2) is 85.3 Å². The lowest BCUT2D eigenvalue weighted by molar-refractivity contribution is 0.852. The van der Waals surface area contributed by atoms with Gasteiger partial charge in [-0.25, -0.2) is 15.0 Å². The van der Waals surface area contributed by atoms with E-state index in [1.807, 2.05) is 72.6 Å². The third-order valence-electron chi connectivity index (χ3n) is 5.25. The van der Waals surface area contributed by atoms with Crippen LogP contribution in [-0.4, -0.2) is 36.6 Å². The highest BCUT2D eigenvalue weighted by Crippen LogP contribution is 2.26. The Labute approximate surface area is 185 Å². The first-order valence-corrected chi connectivity index (χ1v) is 10.3. The third-order valence-corrected chi connectivity index (χ3v) is 5.25. The molecule has 8 nitrogen and oxygen atoms in total. The summed E-state index contributed by atoms with van der Waals surface area (Å²) in [6.45, 7) is 2.08. The Morgan fingerprint density at radius 2 is 1.66 bits per heavy atom. The molecule has 1 N–H and O–H groups in total. The van der Waals surface area contributed by atoms with Crippen LogP contribution in [0.3, 0.4) is 0 Å². The Morgan fingerprint density at radius 3 is 2.44 bits per heavy atom. The van der Waals surface area contributed by atoms with E-state index in [1.54, 1.807) is 10.7 Å². The summed E-state index contributed by atoms with van der Waals surface area (Å²) in [7, 11) is 1.91. The van der Waals surface area contributed by atoms with Crippen molar-refractivity contribution in [1.82, 2.24) is 29.5 Å². The average Bonchev–Trinajstić information content (AvgIpc) is 3.33. The summed E-state index contributed by atoms with van der Waals surface area (Å²) < 4.78 is 1.70.